The smallest absolute Gasteiger partial charge is 0.122 e. The Balaban J connectivity index is 3.56. The number of phenolic OH excluding ortho intramolecular Hbond substituents is 1. The Morgan fingerprint density at radius 1 is 1.00 bits per heavy atom. The summed E-state index contributed by atoms with van der Waals surface area (Å²) < 4.78 is 0. The van der Waals surface area contributed by atoms with Crippen LogP contribution < -0.4 is 0 Å². The summed E-state index contributed by atoms with van der Waals surface area (Å²) in [4.78, 5) is 0. The molecule has 0 aliphatic carbocycles. The van der Waals surface area contributed by atoms with Crippen molar-refractivity contribution >= 4 is 11.6 Å². The standard InChI is InChI=1S/C12H17ClO/c1-5-9-7(3)11(13)8(4)10(6-2)12(9)14/h14H,5-6H2,1-4H3. The van der Waals surface area contributed by atoms with Gasteiger partial charge in [0.05, 0.1) is 0 Å². The molecule has 14 heavy (non-hydrogen) atoms. The van der Waals surface area contributed by atoms with Gasteiger partial charge >= 0.3 is 0 Å². The van der Waals surface area contributed by atoms with E-state index in [0.29, 0.717) is 5.75 Å². The molecule has 0 saturated heterocycles. The number of benzene rings is 1. The van der Waals surface area contributed by atoms with Gasteiger partial charge < -0.3 is 5.11 Å². The first-order valence-electron chi connectivity index (χ1n) is 5.03. The number of halogens is 1. The van der Waals surface area contributed by atoms with Crippen LogP contribution >= 0.6 is 11.6 Å². The van der Waals surface area contributed by atoms with Gasteiger partial charge in [-0.25, -0.2) is 0 Å². The third kappa shape index (κ3) is 1.61. The second-order valence-electron chi connectivity index (χ2n) is 3.58. The van der Waals surface area contributed by atoms with Crippen LogP contribution in [-0.2, 0) is 12.8 Å². The highest BCUT2D eigenvalue weighted by Gasteiger charge is 2.15. The van der Waals surface area contributed by atoms with Crippen molar-refractivity contribution in [1.29, 1.82) is 0 Å². The van der Waals surface area contributed by atoms with Crippen molar-refractivity contribution in [2.45, 2.75) is 40.5 Å². The molecule has 0 saturated carbocycles. The van der Waals surface area contributed by atoms with Crippen LogP contribution in [0.2, 0.25) is 5.02 Å². The Labute approximate surface area is 90.7 Å². The van der Waals surface area contributed by atoms with Gasteiger partial charge in [0.2, 0.25) is 0 Å². The molecule has 0 aliphatic rings. The molecule has 0 heterocycles. The van der Waals surface area contributed by atoms with Crippen LogP contribution in [0.15, 0.2) is 0 Å². The lowest BCUT2D eigenvalue weighted by Gasteiger charge is -2.16. The molecular weight excluding hydrogens is 196 g/mol. The van der Waals surface area contributed by atoms with E-state index in [4.69, 9.17) is 11.6 Å². The predicted octanol–water partition coefficient (Wildman–Crippen LogP) is 3.79. The lowest BCUT2D eigenvalue weighted by atomic mass is 9.95. The number of hydrogen-bond acceptors (Lipinski definition) is 1. The molecule has 1 nitrogen and oxygen atoms in total. The molecule has 1 N–H and O–H groups in total. The molecule has 0 radical (unpaired) electrons. The predicted molar refractivity (Wildman–Crippen MR) is 61.3 cm³/mol. The highest BCUT2D eigenvalue weighted by atomic mass is 35.5. The maximum absolute atomic E-state index is 10.0. The molecule has 0 aromatic heterocycles. The largest absolute Gasteiger partial charge is 0.507 e. The molecule has 1 rings (SSSR count). The normalized spacial score (nSPS) is 10.6. The molecule has 0 bridgehead atoms. The third-order valence-electron chi connectivity index (χ3n) is 2.84. The second-order valence-corrected chi connectivity index (χ2v) is 3.95. The van der Waals surface area contributed by atoms with Gasteiger partial charge in [0.15, 0.2) is 0 Å². The van der Waals surface area contributed by atoms with Crippen molar-refractivity contribution in [3.63, 3.8) is 0 Å². The van der Waals surface area contributed by atoms with Gasteiger partial charge in [-0.15, -0.1) is 0 Å². The Morgan fingerprint density at radius 2 is 1.36 bits per heavy atom. The maximum atomic E-state index is 10.0. The Hall–Kier alpha value is -0.690. The van der Waals surface area contributed by atoms with Crippen molar-refractivity contribution < 1.29 is 5.11 Å². The van der Waals surface area contributed by atoms with E-state index in [1.807, 2.05) is 27.7 Å². The van der Waals surface area contributed by atoms with Crippen molar-refractivity contribution in [3.8, 4) is 5.75 Å². The minimum atomic E-state index is 0.439. The average molecular weight is 213 g/mol. The summed E-state index contributed by atoms with van der Waals surface area (Å²) in [5.41, 5.74) is 4.00. The van der Waals surface area contributed by atoms with Gasteiger partial charge in [-0.1, -0.05) is 25.4 Å². The Kier molecular flexibility index (Phi) is 3.43. The molecule has 78 valence electrons. The summed E-state index contributed by atoms with van der Waals surface area (Å²) in [5.74, 6) is 0.439. The molecule has 0 fully saturated rings. The summed E-state index contributed by atoms with van der Waals surface area (Å²) in [5, 5.41) is 10.8. The zero-order chi connectivity index (χ0) is 10.9. The van der Waals surface area contributed by atoms with Crippen LogP contribution in [0, 0.1) is 13.8 Å². The fourth-order valence-electron chi connectivity index (χ4n) is 1.95. The van der Waals surface area contributed by atoms with Gasteiger partial charge in [-0.2, -0.15) is 0 Å². The topological polar surface area (TPSA) is 20.2 Å². The Morgan fingerprint density at radius 3 is 1.64 bits per heavy atom. The first-order valence-corrected chi connectivity index (χ1v) is 5.41. The van der Waals surface area contributed by atoms with E-state index < -0.39 is 0 Å². The zero-order valence-electron chi connectivity index (χ0n) is 9.24. The van der Waals surface area contributed by atoms with Gasteiger partial charge in [-0.3, -0.25) is 0 Å². The number of phenols is 1. The molecule has 0 atom stereocenters. The van der Waals surface area contributed by atoms with Gasteiger partial charge in [0.25, 0.3) is 0 Å². The fraction of sp³-hybridized carbons (Fsp3) is 0.500. The number of aromatic hydroxyl groups is 1. The monoisotopic (exact) mass is 212 g/mol. The van der Waals surface area contributed by atoms with Gasteiger partial charge in [0, 0.05) is 5.02 Å². The van der Waals surface area contributed by atoms with Crippen LogP contribution in [0.3, 0.4) is 0 Å². The molecule has 1 aromatic carbocycles. The summed E-state index contributed by atoms with van der Waals surface area (Å²) in [6.07, 6.45) is 1.65. The lowest BCUT2D eigenvalue weighted by Crippen LogP contribution is -1.98. The first-order chi connectivity index (χ1) is 6.54. The fourth-order valence-corrected chi connectivity index (χ4v) is 2.18. The van der Waals surface area contributed by atoms with Crippen molar-refractivity contribution in [2.24, 2.45) is 0 Å². The average Bonchev–Trinajstić information content (AvgIpc) is 2.16. The van der Waals surface area contributed by atoms with Crippen molar-refractivity contribution in [2.75, 3.05) is 0 Å². The van der Waals surface area contributed by atoms with E-state index in [1.54, 1.807) is 0 Å². The maximum Gasteiger partial charge on any atom is 0.122 e. The van der Waals surface area contributed by atoms with Crippen LogP contribution in [-0.4, -0.2) is 5.11 Å². The molecule has 2 heteroatoms. The van der Waals surface area contributed by atoms with Crippen LogP contribution in [0.1, 0.15) is 36.1 Å². The molecule has 0 unspecified atom stereocenters. The lowest BCUT2D eigenvalue weighted by molar-refractivity contribution is 0.461. The van der Waals surface area contributed by atoms with Crippen molar-refractivity contribution in [3.05, 3.63) is 27.3 Å². The SMILES string of the molecule is CCc1c(C)c(Cl)c(C)c(CC)c1O. The summed E-state index contributed by atoms with van der Waals surface area (Å²) in [7, 11) is 0. The summed E-state index contributed by atoms with van der Waals surface area (Å²) in [6, 6.07) is 0. The van der Waals surface area contributed by atoms with E-state index in [2.05, 4.69) is 0 Å². The number of rotatable bonds is 2. The quantitative estimate of drug-likeness (QED) is 0.791. The van der Waals surface area contributed by atoms with E-state index in [-0.39, 0.29) is 0 Å². The molecular formula is C12H17ClO. The van der Waals surface area contributed by atoms with Gasteiger partial charge in [0.1, 0.15) is 5.75 Å². The molecule has 0 amide bonds. The van der Waals surface area contributed by atoms with E-state index in [9.17, 15) is 5.11 Å². The van der Waals surface area contributed by atoms with E-state index in [0.717, 1.165) is 40.1 Å². The highest BCUT2D eigenvalue weighted by Crippen LogP contribution is 2.35. The van der Waals surface area contributed by atoms with Crippen LogP contribution in [0.5, 0.6) is 5.75 Å². The molecule has 0 aliphatic heterocycles. The zero-order valence-corrected chi connectivity index (χ0v) is 10.00. The van der Waals surface area contributed by atoms with E-state index in [1.165, 1.54) is 0 Å². The van der Waals surface area contributed by atoms with Crippen LogP contribution in [0.4, 0.5) is 0 Å². The first kappa shape index (κ1) is 11.4. The van der Waals surface area contributed by atoms with Gasteiger partial charge in [-0.05, 0) is 48.9 Å². The van der Waals surface area contributed by atoms with Crippen molar-refractivity contribution in [1.82, 2.24) is 0 Å². The summed E-state index contributed by atoms with van der Waals surface area (Å²) >= 11 is 6.21. The third-order valence-corrected chi connectivity index (χ3v) is 3.41. The minimum Gasteiger partial charge on any atom is -0.507 e. The molecule has 1 aromatic rings. The molecule has 0 spiro atoms. The number of hydrogen-bond donors (Lipinski definition) is 1. The Bertz CT molecular complexity index is 325. The van der Waals surface area contributed by atoms with E-state index >= 15 is 0 Å². The minimum absolute atomic E-state index is 0.439. The van der Waals surface area contributed by atoms with Crippen LogP contribution in [0.25, 0.3) is 0 Å². The summed E-state index contributed by atoms with van der Waals surface area (Å²) in [6.45, 7) is 8.00. The highest BCUT2D eigenvalue weighted by molar-refractivity contribution is 6.32. The second kappa shape index (κ2) is 4.22.